The zero-order valence-electron chi connectivity index (χ0n) is 10.5. The van der Waals surface area contributed by atoms with E-state index in [2.05, 4.69) is 0 Å². The number of rotatable bonds is 6. The monoisotopic (exact) mass is 255 g/mol. The van der Waals surface area contributed by atoms with Gasteiger partial charge in [-0.1, -0.05) is 32.4 Å². The second-order valence-corrected chi connectivity index (χ2v) is 6.85. The van der Waals surface area contributed by atoms with Crippen molar-refractivity contribution in [3.8, 4) is 0 Å². The molecule has 1 aromatic carbocycles. The van der Waals surface area contributed by atoms with Gasteiger partial charge in [-0.3, -0.25) is 0 Å². The number of nitrogen functional groups attached to an aromatic ring is 1. The van der Waals surface area contributed by atoms with Crippen LogP contribution in [-0.2, 0) is 16.3 Å². The van der Waals surface area contributed by atoms with Crippen LogP contribution in [0.5, 0.6) is 0 Å². The van der Waals surface area contributed by atoms with Crippen LogP contribution in [0.15, 0.2) is 24.3 Å². The van der Waals surface area contributed by atoms with Gasteiger partial charge in [0.2, 0.25) is 0 Å². The molecule has 0 aliphatic carbocycles. The summed E-state index contributed by atoms with van der Waals surface area (Å²) in [4.78, 5) is 0. The first kappa shape index (κ1) is 14.0. The number of hydrogen-bond acceptors (Lipinski definition) is 3. The Labute approximate surface area is 104 Å². The fourth-order valence-electron chi connectivity index (χ4n) is 1.59. The number of benzene rings is 1. The molecule has 0 spiro atoms. The Bertz CT molecular complexity index is 437. The summed E-state index contributed by atoms with van der Waals surface area (Å²) in [7, 11) is -2.93. The van der Waals surface area contributed by atoms with E-state index in [4.69, 9.17) is 5.73 Å². The number of hydrogen-bond donors (Lipinski definition) is 1. The fourth-order valence-corrected chi connectivity index (χ4v) is 3.41. The minimum absolute atomic E-state index is 0.223. The van der Waals surface area contributed by atoms with Crippen LogP contribution in [0.4, 0.5) is 5.69 Å². The van der Waals surface area contributed by atoms with Crippen molar-refractivity contribution in [3.05, 3.63) is 29.8 Å². The van der Waals surface area contributed by atoms with Gasteiger partial charge < -0.3 is 5.73 Å². The summed E-state index contributed by atoms with van der Waals surface area (Å²) in [6, 6.07) is 7.37. The molecule has 96 valence electrons. The summed E-state index contributed by atoms with van der Waals surface area (Å²) in [6.45, 7) is 3.99. The molecule has 0 amide bonds. The predicted molar refractivity (Wildman–Crippen MR) is 72.7 cm³/mol. The zero-order chi connectivity index (χ0) is 12.9. The number of nitrogens with two attached hydrogens (primary N) is 1. The highest BCUT2D eigenvalue weighted by molar-refractivity contribution is 7.91. The van der Waals surface area contributed by atoms with Gasteiger partial charge in [-0.25, -0.2) is 8.42 Å². The first-order chi connectivity index (χ1) is 7.93. The lowest BCUT2D eigenvalue weighted by Gasteiger charge is -2.09. The first-order valence-electron chi connectivity index (χ1n) is 5.98. The SMILES string of the molecule is CCC(C)CS(=O)(=O)CCc1ccc(N)cc1. The van der Waals surface area contributed by atoms with Crippen LogP contribution in [0, 0.1) is 5.92 Å². The average molecular weight is 255 g/mol. The summed E-state index contributed by atoms with van der Waals surface area (Å²) >= 11 is 0. The van der Waals surface area contributed by atoms with E-state index in [9.17, 15) is 8.42 Å². The van der Waals surface area contributed by atoms with Crippen LogP contribution in [0.3, 0.4) is 0 Å². The van der Waals surface area contributed by atoms with Crippen molar-refractivity contribution < 1.29 is 8.42 Å². The molecule has 0 radical (unpaired) electrons. The van der Waals surface area contributed by atoms with E-state index in [1.807, 2.05) is 26.0 Å². The highest BCUT2D eigenvalue weighted by atomic mass is 32.2. The largest absolute Gasteiger partial charge is 0.399 e. The highest BCUT2D eigenvalue weighted by Crippen LogP contribution is 2.10. The minimum atomic E-state index is -2.93. The maximum atomic E-state index is 11.8. The van der Waals surface area contributed by atoms with Gasteiger partial charge in [-0.05, 0) is 30.0 Å². The summed E-state index contributed by atoms with van der Waals surface area (Å²) in [6.07, 6.45) is 1.47. The second-order valence-electron chi connectivity index (χ2n) is 4.62. The highest BCUT2D eigenvalue weighted by Gasteiger charge is 2.14. The number of sulfone groups is 1. The van der Waals surface area contributed by atoms with Crippen molar-refractivity contribution in [2.45, 2.75) is 26.7 Å². The molecule has 1 atom stereocenters. The van der Waals surface area contributed by atoms with Gasteiger partial charge in [0.25, 0.3) is 0 Å². The molecule has 0 bridgehead atoms. The van der Waals surface area contributed by atoms with Crippen LogP contribution < -0.4 is 5.73 Å². The molecule has 17 heavy (non-hydrogen) atoms. The molecule has 1 aromatic rings. The maximum Gasteiger partial charge on any atom is 0.150 e. The van der Waals surface area contributed by atoms with Gasteiger partial charge in [0.1, 0.15) is 0 Å². The summed E-state index contributed by atoms with van der Waals surface area (Å²) < 4.78 is 23.6. The molecule has 0 saturated carbocycles. The molecule has 4 heteroatoms. The second kappa shape index (κ2) is 6.05. The van der Waals surface area contributed by atoms with Crippen LogP contribution in [0.2, 0.25) is 0 Å². The average Bonchev–Trinajstić information content (AvgIpc) is 2.28. The maximum absolute atomic E-state index is 11.8. The summed E-state index contributed by atoms with van der Waals surface area (Å²) in [5.74, 6) is 0.756. The smallest absolute Gasteiger partial charge is 0.150 e. The van der Waals surface area contributed by atoms with Gasteiger partial charge in [0, 0.05) is 5.69 Å². The van der Waals surface area contributed by atoms with Crippen LogP contribution in [0.25, 0.3) is 0 Å². The van der Waals surface area contributed by atoms with Gasteiger partial charge in [-0.15, -0.1) is 0 Å². The quantitative estimate of drug-likeness (QED) is 0.793. The Kier molecular flexibility index (Phi) is 5.00. The Balaban J connectivity index is 2.52. The van der Waals surface area contributed by atoms with Crippen molar-refractivity contribution in [2.75, 3.05) is 17.2 Å². The topological polar surface area (TPSA) is 60.2 Å². The van der Waals surface area contributed by atoms with Crippen molar-refractivity contribution in [1.82, 2.24) is 0 Å². The summed E-state index contributed by atoms with van der Waals surface area (Å²) in [5.41, 5.74) is 7.30. The van der Waals surface area contributed by atoms with E-state index in [0.29, 0.717) is 17.9 Å². The van der Waals surface area contributed by atoms with Crippen LogP contribution in [-0.4, -0.2) is 19.9 Å². The Hall–Kier alpha value is -1.03. The van der Waals surface area contributed by atoms with Crippen molar-refractivity contribution in [2.24, 2.45) is 5.92 Å². The molecule has 0 aliphatic rings. The van der Waals surface area contributed by atoms with Crippen LogP contribution in [0.1, 0.15) is 25.8 Å². The lowest BCUT2D eigenvalue weighted by atomic mass is 10.1. The molecule has 2 N–H and O–H groups in total. The molecular formula is C13H21NO2S. The van der Waals surface area contributed by atoms with E-state index >= 15 is 0 Å². The fraction of sp³-hybridized carbons (Fsp3) is 0.538. The van der Waals surface area contributed by atoms with E-state index in [-0.39, 0.29) is 11.7 Å². The van der Waals surface area contributed by atoms with Gasteiger partial charge >= 0.3 is 0 Å². The van der Waals surface area contributed by atoms with E-state index in [0.717, 1.165) is 12.0 Å². The van der Waals surface area contributed by atoms with Crippen molar-refractivity contribution in [3.63, 3.8) is 0 Å². The molecule has 3 nitrogen and oxygen atoms in total. The number of aryl methyl sites for hydroxylation is 1. The van der Waals surface area contributed by atoms with Crippen LogP contribution >= 0.6 is 0 Å². The molecule has 0 saturated heterocycles. The van der Waals surface area contributed by atoms with Crippen molar-refractivity contribution in [1.29, 1.82) is 0 Å². The Morgan fingerprint density at radius 3 is 2.35 bits per heavy atom. The van der Waals surface area contributed by atoms with Gasteiger partial charge in [-0.2, -0.15) is 0 Å². The molecule has 1 unspecified atom stereocenters. The lowest BCUT2D eigenvalue weighted by Crippen LogP contribution is -2.18. The third-order valence-corrected chi connectivity index (χ3v) is 4.82. The molecule has 0 aromatic heterocycles. The third-order valence-electron chi connectivity index (χ3n) is 2.92. The predicted octanol–water partition coefficient (Wildman–Crippen LogP) is 2.27. The Morgan fingerprint density at radius 2 is 1.82 bits per heavy atom. The molecule has 1 rings (SSSR count). The summed E-state index contributed by atoms with van der Waals surface area (Å²) in [5, 5.41) is 0. The number of anilines is 1. The molecule has 0 heterocycles. The Morgan fingerprint density at radius 1 is 1.24 bits per heavy atom. The molecular weight excluding hydrogens is 234 g/mol. The first-order valence-corrected chi connectivity index (χ1v) is 7.80. The molecule has 0 aliphatic heterocycles. The standard InChI is InChI=1S/C13H21NO2S/c1-3-11(2)10-17(15,16)9-8-12-4-6-13(14)7-5-12/h4-7,11H,3,8-10,14H2,1-2H3. The van der Waals surface area contributed by atoms with E-state index in [1.165, 1.54) is 0 Å². The van der Waals surface area contributed by atoms with E-state index in [1.54, 1.807) is 12.1 Å². The zero-order valence-corrected chi connectivity index (χ0v) is 11.3. The lowest BCUT2D eigenvalue weighted by molar-refractivity contribution is 0.564. The normalized spacial score (nSPS) is 13.5. The van der Waals surface area contributed by atoms with E-state index < -0.39 is 9.84 Å². The molecule has 0 fully saturated rings. The third kappa shape index (κ3) is 5.22. The van der Waals surface area contributed by atoms with Gasteiger partial charge in [0.05, 0.1) is 11.5 Å². The minimum Gasteiger partial charge on any atom is -0.399 e. The van der Waals surface area contributed by atoms with Gasteiger partial charge in [0.15, 0.2) is 9.84 Å². The van der Waals surface area contributed by atoms with Crippen molar-refractivity contribution >= 4 is 15.5 Å².